The molecule has 94 valence electrons. The van der Waals surface area contributed by atoms with Gasteiger partial charge in [-0.1, -0.05) is 0 Å². The van der Waals surface area contributed by atoms with Crippen LogP contribution < -0.4 is 0 Å². The number of hydrazine groups is 1. The molecular formula is C8H16N2O6. The minimum atomic E-state index is -1.26. The third-order valence-corrected chi connectivity index (χ3v) is 1.73. The minimum absolute atomic E-state index is 0.623. The molecule has 0 aliphatic heterocycles. The summed E-state index contributed by atoms with van der Waals surface area (Å²) in [5, 5.41) is 37.5. The third-order valence-electron chi connectivity index (χ3n) is 1.73. The van der Waals surface area contributed by atoms with Crippen molar-refractivity contribution in [2.75, 3.05) is 13.1 Å². The molecule has 0 aromatic heterocycles. The summed E-state index contributed by atoms with van der Waals surface area (Å²) in [5.41, 5.74) is 0. The van der Waals surface area contributed by atoms with Crippen LogP contribution in [0.1, 0.15) is 13.8 Å². The SMILES string of the molecule is CC(O)N(C(C)O)N(CC(=O)O)CC(=O)O. The van der Waals surface area contributed by atoms with E-state index in [-0.39, 0.29) is 0 Å². The topological polar surface area (TPSA) is 122 Å². The van der Waals surface area contributed by atoms with Gasteiger partial charge in [0, 0.05) is 0 Å². The molecule has 0 fully saturated rings. The first-order chi connectivity index (χ1) is 7.25. The van der Waals surface area contributed by atoms with Gasteiger partial charge in [-0.25, -0.2) is 5.01 Å². The van der Waals surface area contributed by atoms with E-state index in [9.17, 15) is 19.8 Å². The van der Waals surface area contributed by atoms with Crippen molar-refractivity contribution < 1.29 is 30.0 Å². The first-order valence-electron chi connectivity index (χ1n) is 4.58. The lowest BCUT2D eigenvalue weighted by Gasteiger charge is -2.36. The summed E-state index contributed by atoms with van der Waals surface area (Å²) in [7, 11) is 0. The second kappa shape index (κ2) is 6.38. The number of aliphatic hydroxyl groups is 2. The lowest BCUT2D eigenvalue weighted by atomic mass is 10.4. The van der Waals surface area contributed by atoms with Crippen LogP contribution >= 0.6 is 0 Å². The molecule has 0 spiro atoms. The van der Waals surface area contributed by atoms with E-state index in [2.05, 4.69) is 0 Å². The number of hydrogen-bond donors (Lipinski definition) is 4. The first-order valence-corrected chi connectivity index (χ1v) is 4.58. The van der Waals surface area contributed by atoms with E-state index in [1.165, 1.54) is 13.8 Å². The molecular weight excluding hydrogens is 220 g/mol. The predicted molar refractivity (Wildman–Crippen MR) is 52.0 cm³/mol. The maximum absolute atomic E-state index is 10.5. The molecule has 16 heavy (non-hydrogen) atoms. The minimum Gasteiger partial charge on any atom is -0.480 e. The van der Waals surface area contributed by atoms with Crippen molar-refractivity contribution in [3.8, 4) is 0 Å². The molecule has 0 aliphatic carbocycles. The Morgan fingerprint density at radius 3 is 1.50 bits per heavy atom. The molecule has 0 aliphatic rings. The van der Waals surface area contributed by atoms with Crippen molar-refractivity contribution in [3.63, 3.8) is 0 Å². The van der Waals surface area contributed by atoms with E-state index in [4.69, 9.17) is 10.2 Å². The Labute approximate surface area is 92.3 Å². The Kier molecular flexibility index (Phi) is 5.89. The average Bonchev–Trinajstić information content (AvgIpc) is 1.98. The Morgan fingerprint density at radius 1 is 1.00 bits per heavy atom. The lowest BCUT2D eigenvalue weighted by Crippen LogP contribution is -2.55. The van der Waals surface area contributed by atoms with Gasteiger partial charge in [-0.05, 0) is 13.8 Å². The summed E-state index contributed by atoms with van der Waals surface area (Å²) in [5.74, 6) is -2.51. The number of rotatable bonds is 7. The highest BCUT2D eigenvalue weighted by molar-refractivity contribution is 5.72. The lowest BCUT2D eigenvalue weighted by molar-refractivity contribution is -0.211. The monoisotopic (exact) mass is 236 g/mol. The van der Waals surface area contributed by atoms with Crippen LogP contribution in [-0.2, 0) is 9.59 Å². The zero-order chi connectivity index (χ0) is 12.9. The highest BCUT2D eigenvalue weighted by Crippen LogP contribution is 2.06. The van der Waals surface area contributed by atoms with Crippen LogP contribution in [0, 0.1) is 0 Å². The second-order valence-corrected chi connectivity index (χ2v) is 3.25. The van der Waals surface area contributed by atoms with Crippen LogP contribution in [0.5, 0.6) is 0 Å². The number of hydrogen-bond acceptors (Lipinski definition) is 6. The number of aliphatic hydroxyl groups excluding tert-OH is 2. The van der Waals surface area contributed by atoms with Gasteiger partial charge in [0.1, 0.15) is 25.5 Å². The van der Waals surface area contributed by atoms with E-state index in [1.54, 1.807) is 0 Å². The van der Waals surface area contributed by atoms with Crippen LogP contribution in [0.15, 0.2) is 0 Å². The van der Waals surface area contributed by atoms with Crippen molar-refractivity contribution in [1.29, 1.82) is 0 Å². The van der Waals surface area contributed by atoms with Gasteiger partial charge < -0.3 is 20.4 Å². The van der Waals surface area contributed by atoms with E-state index in [1.807, 2.05) is 0 Å². The summed E-state index contributed by atoms with van der Waals surface area (Å²) < 4.78 is 0. The number of carboxylic acids is 2. The van der Waals surface area contributed by atoms with Crippen molar-refractivity contribution in [2.24, 2.45) is 0 Å². The van der Waals surface area contributed by atoms with Crippen LogP contribution in [0.25, 0.3) is 0 Å². The van der Waals surface area contributed by atoms with Crippen LogP contribution in [0.4, 0.5) is 0 Å². The number of nitrogens with zero attached hydrogens (tertiary/aromatic N) is 2. The fourth-order valence-electron chi connectivity index (χ4n) is 1.32. The smallest absolute Gasteiger partial charge is 0.319 e. The van der Waals surface area contributed by atoms with E-state index in [0.29, 0.717) is 0 Å². The molecule has 0 radical (unpaired) electrons. The van der Waals surface area contributed by atoms with E-state index in [0.717, 1.165) is 10.0 Å². The summed E-state index contributed by atoms with van der Waals surface area (Å²) in [6.07, 6.45) is -2.39. The molecule has 0 saturated carbocycles. The maximum Gasteiger partial charge on any atom is 0.319 e. The average molecular weight is 236 g/mol. The third kappa shape index (κ3) is 5.03. The molecule has 0 saturated heterocycles. The second-order valence-electron chi connectivity index (χ2n) is 3.25. The molecule has 4 N–H and O–H groups in total. The van der Waals surface area contributed by atoms with Crippen molar-refractivity contribution in [2.45, 2.75) is 26.3 Å². The zero-order valence-electron chi connectivity index (χ0n) is 9.07. The molecule has 0 aromatic carbocycles. The molecule has 0 amide bonds. The highest BCUT2D eigenvalue weighted by atomic mass is 16.4. The number of carbonyl (C=O) groups is 2. The highest BCUT2D eigenvalue weighted by Gasteiger charge is 2.27. The zero-order valence-corrected chi connectivity index (χ0v) is 9.07. The van der Waals surface area contributed by atoms with Crippen molar-refractivity contribution in [1.82, 2.24) is 10.0 Å². The van der Waals surface area contributed by atoms with E-state index < -0.39 is 37.5 Å². The first kappa shape index (κ1) is 14.8. The fourth-order valence-corrected chi connectivity index (χ4v) is 1.32. The molecule has 8 nitrogen and oxygen atoms in total. The summed E-state index contributed by atoms with van der Waals surface area (Å²) in [4.78, 5) is 21.0. The summed E-state index contributed by atoms with van der Waals surface area (Å²) >= 11 is 0. The van der Waals surface area contributed by atoms with Crippen LogP contribution in [0.3, 0.4) is 0 Å². The Morgan fingerprint density at radius 2 is 1.31 bits per heavy atom. The van der Waals surface area contributed by atoms with Gasteiger partial charge in [0.15, 0.2) is 0 Å². The van der Waals surface area contributed by atoms with Crippen molar-refractivity contribution in [3.05, 3.63) is 0 Å². The van der Waals surface area contributed by atoms with Crippen molar-refractivity contribution >= 4 is 11.9 Å². The quantitative estimate of drug-likeness (QED) is 0.306. The van der Waals surface area contributed by atoms with Gasteiger partial charge >= 0.3 is 11.9 Å². The molecule has 0 rings (SSSR count). The van der Waals surface area contributed by atoms with Gasteiger partial charge in [0.25, 0.3) is 0 Å². The molecule has 2 atom stereocenters. The molecule has 0 aromatic rings. The standard InChI is InChI=1S/C8H16N2O6/c1-5(11)10(6(2)12)9(3-7(13)14)4-8(15)16/h5-6,11-12H,3-4H2,1-2H3,(H,13,14)(H,15,16). The number of aliphatic carboxylic acids is 2. The Balaban J connectivity index is 4.80. The van der Waals surface area contributed by atoms with Crippen LogP contribution in [-0.4, -0.2) is 67.9 Å². The Hall–Kier alpha value is -1.22. The number of carboxylic acid groups (broad SMARTS) is 2. The molecule has 2 unspecified atom stereocenters. The normalized spacial score (nSPS) is 15.1. The molecule has 0 bridgehead atoms. The Bertz CT molecular complexity index is 231. The molecule has 0 heterocycles. The largest absolute Gasteiger partial charge is 0.480 e. The fraction of sp³-hybridized carbons (Fsp3) is 0.750. The summed E-state index contributed by atoms with van der Waals surface area (Å²) in [6.45, 7) is 1.34. The van der Waals surface area contributed by atoms with Gasteiger partial charge in [0.2, 0.25) is 0 Å². The maximum atomic E-state index is 10.5. The van der Waals surface area contributed by atoms with E-state index >= 15 is 0 Å². The van der Waals surface area contributed by atoms with Gasteiger partial charge in [0.05, 0.1) is 0 Å². The predicted octanol–water partition coefficient (Wildman–Crippen LogP) is -1.65. The molecule has 8 heteroatoms. The summed E-state index contributed by atoms with van der Waals surface area (Å²) in [6, 6.07) is 0. The van der Waals surface area contributed by atoms with Gasteiger partial charge in [-0.3, -0.25) is 9.59 Å². The van der Waals surface area contributed by atoms with Crippen LogP contribution in [0.2, 0.25) is 0 Å². The van der Waals surface area contributed by atoms with Gasteiger partial charge in [-0.2, -0.15) is 5.01 Å². The van der Waals surface area contributed by atoms with Gasteiger partial charge in [-0.15, -0.1) is 0 Å².